The Bertz CT molecular complexity index is 557. The maximum atomic E-state index is 7.93. The average Bonchev–Trinajstić information content (AvgIpc) is 2.48. The molecule has 2 atom stereocenters. The maximum absolute atomic E-state index is 7.93. The van der Waals surface area contributed by atoms with Crippen LogP contribution in [0.3, 0.4) is 0 Å². The van der Waals surface area contributed by atoms with Crippen molar-refractivity contribution in [2.45, 2.75) is 50.8 Å². The summed E-state index contributed by atoms with van der Waals surface area (Å²) in [6, 6.07) is 2.55. The summed E-state index contributed by atoms with van der Waals surface area (Å²) in [4.78, 5) is 7.29. The molecule has 0 amide bonds. The number of nitrogen functional groups attached to an aromatic ring is 1. The van der Waals surface area contributed by atoms with Crippen LogP contribution in [0, 0.1) is 5.41 Å². The van der Waals surface area contributed by atoms with Gasteiger partial charge in [-0.25, -0.2) is 4.98 Å². The fourth-order valence-electron chi connectivity index (χ4n) is 3.27. The lowest BCUT2D eigenvalue weighted by Gasteiger charge is -2.39. The molecular formula is C16H24N4S. The molecule has 1 aromatic heterocycles. The molecular weight excluding hydrogens is 280 g/mol. The van der Waals surface area contributed by atoms with Crippen molar-refractivity contribution < 1.29 is 0 Å². The molecule has 0 spiro atoms. The highest BCUT2D eigenvalue weighted by molar-refractivity contribution is 8.00. The lowest BCUT2D eigenvalue weighted by molar-refractivity contribution is 0.612. The number of aromatic nitrogens is 1. The minimum absolute atomic E-state index is 0.143. The van der Waals surface area contributed by atoms with Gasteiger partial charge in [-0.3, -0.25) is 5.41 Å². The summed E-state index contributed by atoms with van der Waals surface area (Å²) >= 11 is 2.01. The van der Waals surface area contributed by atoms with Gasteiger partial charge in [-0.05, 0) is 44.2 Å². The topological polar surface area (TPSA) is 66.0 Å². The molecule has 0 aromatic carbocycles. The minimum Gasteiger partial charge on any atom is -0.384 e. The van der Waals surface area contributed by atoms with Gasteiger partial charge in [0.05, 0.1) is 5.56 Å². The zero-order valence-electron chi connectivity index (χ0n) is 12.9. The molecule has 0 saturated carbocycles. The standard InChI is InChI=1S/C16H24N4S/c1-10-11(2)21-8-7-20(10)16-13(15(17)18)9-12-5-3-4-6-14(12)19-16/h9-11H,3-8H2,1-2H3,(H3,17,18). The fourth-order valence-corrected chi connectivity index (χ4v) is 4.37. The zero-order chi connectivity index (χ0) is 15.0. The Kier molecular flexibility index (Phi) is 4.11. The molecule has 1 aliphatic heterocycles. The van der Waals surface area contributed by atoms with Gasteiger partial charge in [0.15, 0.2) is 0 Å². The highest BCUT2D eigenvalue weighted by atomic mass is 32.2. The second kappa shape index (κ2) is 5.87. The van der Waals surface area contributed by atoms with Gasteiger partial charge in [0.1, 0.15) is 11.7 Å². The third-order valence-corrected chi connectivity index (χ3v) is 6.06. The van der Waals surface area contributed by atoms with Crippen LogP contribution in [-0.2, 0) is 12.8 Å². The number of rotatable bonds is 2. The molecule has 0 bridgehead atoms. The lowest BCUT2D eigenvalue weighted by atomic mass is 9.94. The first-order chi connectivity index (χ1) is 10.1. The normalized spacial score (nSPS) is 25.5. The van der Waals surface area contributed by atoms with E-state index in [4.69, 9.17) is 16.1 Å². The van der Waals surface area contributed by atoms with Crippen molar-refractivity contribution in [3.63, 3.8) is 0 Å². The Morgan fingerprint density at radius 1 is 1.38 bits per heavy atom. The number of aryl methyl sites for hydroxylation is 2. The van der Waals surface area contributed by atoms with E-state index in [1.807, 2.05) is 11.8 Å². The van der Waals surface area contributed by atoms with E-state index in [2.05, 4.69) is 24.8 Å². The number of pyridine rings is 1. The van der Waals surface area contributed by atoms with E-state index in [-0.39, 0.29) is 5.84 Å². The maximum Gasteiger partial charge on any atom is 0.140 e. The second-order valence-electron chi connectivity index (χ2n) is 6.10. The fraction of sp³-hybridized carbons (Fsp3) is 0.625. The Balaban J connectivity index is 2.05. The van der Waals surface area contributed by atoms with Crippen molar-refractivity contribution in [1.82, 2.24) is 4.98 Å². The molecule has 1 saturated heterocycles. The van der Waals surface area contributed by atoms with E-state index in [0.717, 1.165) is 36.5 Å². The summed E-state index contributed by atoms with van der Waals surface area (Å²) < 4.78 is 0. The Labute approximate surface area is 131 Å². The van der Waals surface area contributed by atoms with Gasteiger partial charge in [0.25, 0.3) is 0 Å². The first kappa shape index (κ1) is 14.7. The molecule has 114 valence electrons. The predicted molar refractivity (Wildman–Crippen MR) is 90.6 cm³/mol. The Morgan fingerprint density at radius 3 is 2.90 bits per heavy atom. The van der Waals surface area contributed by atoms with E-state index in [9.17, 15) is 0 Å². The van der Waals surface area contributed by atoms with Crippen LogP contribution in [0.1, 0.15) is 43.5 Å². The highest BCUT2D eigenvalue weighted by Gasteiger charge is 2.29. The van der Waals surface area contributed by atoms with Crippen molar-refractivity contribution in [1.29, 1.82) is 5.41 Å². The van der Waals surface area contributed by atoms with Crippen molar-refractivity contribution in [2.24, 2.45) is 5.73 Å². The van der Waals surface area contributed by atoms with Crippen LogP contribution in [0.15, 0.2) is 6.07 Å². The van der Waals surface area contributed by atoms with E-state index >= 15 is 0 Å². The number of hydrogen-bond acceptors (Lipinski definition) is 4. The summed E-state index contributed by atoms with van der Waals surface area (Å²) in [5.41, 5.74) is 9.18. The van der Waals surface area contributed by atoms with E-state index < -0.39 is 0 Å². The number of amidine groups is 1. The van der Waals surface area contributed by atoms with Gasteiger partial charge in [-0.15, -0.1) is 0 Å². The molecule has 21 heavy (non-hydrogen) atoms. The van der Waals surface area contributed by atoms with Crippen molar-refractivity contribution in [2.75, 3.05) is 17.2 Å². The number of anilines is 1. The molecule has 2 aliphatic rings. The van der Waals surface area contributed by atoms with Gasteiger partial charge >= 0.3 is 0 Å². The number of fused-ring (bicyclic) bond motifs is 1. The lowest BCUT2D eigenvalue weighted by Crippen LogP contribution is -2.46. The van der Waals surface area contributed by atoms with Crippen LogP contribution in [0.2, 0.25) is 0 Å². The smallest absolute Gasteiger partial charge is 0.140 e. The van der Waals surface area contributed by atoms with Gasteiger partial charge in [0, 0.05) is 29.3 Å². The molecule has 3 rings (SSSR count). The zero-order valence-corrected chi connectivity index (χ0v) is 13.7. The van der Waals surface area contributed by atoms with E-state index in [1.54, 1.807) is 0 Å². The Hall–Kier alpha value is -1.23. The van der Waals surface area contributed by atoms with Gasteiger partial charge in [0.2, 0.25) is 0 Å². The van der Waals surface area contributed by atoms with Gasteiger partial charge in [-0.2, -0.15) is 11.8 Å². The number of nitrogens with two attached hydrogens (primary N) is 1. The molecule has 4 nitrogen and oxygen atoms in total. The van der Waals surface area contributed by atoms with Crippen LogP contribution in [0.4, 0.5) is 5.82 Å². The first-order valence-corrected chi connectivity index (χ1v) is 8.88. The summed E-state index contributed by atoms with van der Waals surface area (Å²) in [6.07, 6.45) is 4.58. The third-order valence-electron chi connectivity index (χ3n) is 4.73. The average molecular weight is 304 g/mol. The van der Waals surface area contributed by atoms with E-state index in [1.165, 1.54) is 24.1 Å². The van der Waals surface area contributed by atoms with Crippen molar-refractivity contribution in [3.8, 4) is 0 Å². The minimum atomic E-state index is 0.143. The predicted octanol–water partition coefficient (Wildman–Crippen LogP) is 2.57. The SMILES string of the molecule is CC1SCCN(c2nc3c(cc2C(=N)N)CCCC3)C1C. The van der Waals surface area contributed by atoms with Gasteiger partial charge < -0.3 is 10.6 Å². The number of hydrogen-bond donors (Lipinski definition) is 2. The summed E-state index contributed by atoms with van der Waals surface area (Å²) in [7, 11) is 0. The van der Waals surface area contributed by atoms with Crippen LogP contribution in [0.5, 0.6) is 0 Å². The van der Waals surface area contributed by atoms with Crippen molar-refractivity contribution in [3.05, 3.63) is 22.9 Å². The Morgan fingerprint density at radius 2 is 2.14 bits per heavy atom. The monoisotopic (exact) mass is 304 g/mol. The summed E-state index contributed by atoms with van der Waals surface area (Å²) in [6.45, 7) is 5.51. The largest absolute Gasteiger partial charge is 0.384 e. The van der Waals surface area contributed by atoms with Crippen molar-refractivity contribution >= 4 is 23.4 Å². The quantitative estimate of drug-likeness (QED) is 0.651. The number of thioether (sulfide) groups is 1. The third kappa shape index (κ3) is 2.76. The molecule has 1 aliphatic carbocycles. The molecule has 1 fully saturated rings. The summed E-state index contributed by atoms with van der Waals surface area (Å²) in [5, 5.41) is 8.51. The molecule has 5 heteroatoms. The van der Waals surface area contributed by atoms with Crippen LogP contribution < -0.4 is 10.6 Å². The molecule has 2 heterocycles. The molecule has 2 unspecified atom stereocenters. The second-order valence-corrected chi connectivity index (χ2v) is 7.58. The van der Waals surface area contributed by atoms with Crippen LogP contribution in [-0.4, -0.2) is 34.4 Å². The first-order valence-electron chi connectivity index (χ1n) is 7.83. The molecule has 0 radical (unpaired) electrons. The summed E-state index contributed by atoms with van der Waals surface area (Å²) in [5.74, 6) is 2.19. The molecule has 1 aromatic rings. The van der Waals surface area contributed by atoms with Crippen LogP contribution in [0.25, 0.3) is 0 Å². The number of nitrogens with one attached hydrogen (secondary N) is 1. The van der Waals surface area contributed by atoms with Gasteiger partial charge in [-0.1, -0.05) is 6.92 Å². The highest BCUT2D eigenvalue weighted by Crippen LogP contribution is 2.32. The number of nitrogens with zero attached hydrogens (tertiary/aromatic N) is 2. The van der Waals surface area contributed by atoms with E-state index in [0.29, 0.717) is 11.3 Å². The molecule has 3 N–H and O–H groups in total. The van der Waals surface area contributed by atoms with Crippen LogP contribution >= 0.6 is 11.8 Å².